The van der Waals surface area contributed by atoms with Gasteiger partial charge in [-0.2, -0.15) is 0 Å². The fraction of sp³-hybridized carbons (Fsp3) is 0.412. The quantitative estimate of drug-likeness (QED) is 0.825. The maximum atomic E-state index is 6.00. The Kier molecular flexibility index (Phi) is 5.24. The molecule has 2 aromatic rings. The summed E-state index contributed by atoms with van der Waals surface area (Å²) in [5.74, 6) is 2.42. The van der Waals surface area contributed by atoms with Crippen LogP contribution in [0.4, 0.5) is 0 Å². The third-order valence-electron chi connectivity index (χ3n) is 3.62. The molecule has 0 saturated heterocycles. The first-order chi connectivity index (χ1) is 9.76. The third kappa shape index (κ3) is 3.42. The Hall–Kier alpha value is -1.74. The molecular formula is C17H23NO2. The lowest BCUT2D eigenvalue weighted by Crippen LogP contribution is -2.08. The van der Waals surface area contributed by atoms with Crippen molar-refractivity contribution in [2.75, 3.05) is 7.05 Å². The molecule has 0 radical (unpaired) electrons. The molecule has 1 N–H and O–H groups in total. The van der Waals surface area contributed by atoms with Gasteiger partial charge in [0.1, 0.15) is 18.1 Å². The number of hydrogen-bond donors (Lipinski definition) is 1. The van der Waals surface area contributed by atoms with E-state index in [0.717, 1.165) is 30.0 Å². The zero-order valence-corrected chi connectivity index (χ0v) is 12.5. The maximum Gasteiger partial charge on any atom is 0.124 e. The highest BCUT2D eigenvalue weighted by Crippen LogP contribution is 2.29. The summed E-state index contributed by atoms with van der Waals surface area (Å²) in [6, 6.07) is 10.2. The highest BCUT2D eigenvalue weighted by atomic mass is 16.5. The summed E-state index contributed by atoms with van der Waals surface area (Å²) >= 11 is 0. The minimum absolute atomic E-state index is 0.507. The van der Waals surface area contributed by atoms with Crippen LogP contribution in [0.15, 0.2) is 41.0 Å². The average molecular weight is 273 g/mol. The van der Waals surface area contributed by atoms with Crippen LogP contribution in [0.2, 0.25) is 0 Å². The second-order valence-corrected chi connectivity index (χ2v) is 5.04. The van der Waals surface area contributed by atoms with Gasteiger partial charge < -0.3 is 14.5 Å². The standard InChI is InChI=1S/C17H23NO2/c1-4-13(2)15-7-5-6-8-16(15)20-12-14-9-10-19-17(14)11-18-3/h5-10,13,18H,4,11-12H2,1-3H3. The van der Waals surface area contributed by atoms with Crippen molar-refractivity contribution < 1.29 is 9.15 Å². The van der Waals surface area contributed by atoms with E-state index in [1.165, 1.54) is 5.56 Å². The van der Waals surface area contributed by atoms with Crippen LogP contribution < -0.4 is 10.1 Å². The smallest absolute Gasteiger partial charge is 0.124 e. The highest BCUT2D eigenvalue weighted by Gasteiger charge is 2.11. The van der Waals surface area contributed by atoms with Crippen LogP contribution in [0.25, 0.3) is 0 Å². The molecule has 0 aliphatic carbocycles. The molecular weight excluding hydrogens is 250 g/mol. The lowest BCUT2D eigenvalue weighted by molar-refractivity contribution is 0.296. The minimum Gasteiger partial charge on any atom is -0.488 e. The summed E-state index contributed by atoms with van der Waals surface area (Å²) in [6.45, 7) is 5.69. The van der Waals surface area contributed by atoms with Crippen molar-refractivity contribution in [1.82, 2.24) is 5.32 Å². The van der Waals surface area contributed by atoms with Gasteiger partial charge in [0.05, 0.1) is 12.8 Å². The van der Waals surface area contributed by atoms with Gasteiger partial charge in [0.25, 0.3) is 0 Å². The van der Waals surface area contributed by atoms with E-state index in [1.807, 2.05) is 25.2 Å². The van der Waals surface area contributed by atoms with Crippen molar-refractivity contribution in [3.8, 4) is 5.75 Å². The van der Waals surface area contributed by atoms with E-state index in [1.54, 1.807) is 6.26 Å². The number of hydrogen-bond acceptors (Lipinski definition) is 3. The summed E-state index contributed by atoms with van der Waals surface area (Å²) in [5.41, 5.74) is 2.37. The fourth-order valence-electron chi connectivity index (χ4n) is 2.21. The molecule has 0 amide bonds. The van der Waals surface area contributed by atoms with Crippen molar-refractivity contribution in [2.45, 2.75) is 39.3 Å². The van der Waals surface area contributed by atoms with Crippen LogP contribution in [0, 0.1) is 0 Å². The Morgan fingerprint density at radius 2 is 2.05 bits per heavy atom. The minimum atomic E-state index is 0.507. The summed E-state index contributed by atoms with van der Waals surface area (Å²) in [4.78, 5) is 0. The summed E-state index contributed by atoms with van der Waals surface area (Å²) < 4.78 is 11.5. The molecule has 3 heteroatoms. The molecule has 1 unspecified atom stereocenters. The van der Waals surface area contributed by atoms with Gasteiger partial charge in [-0.05, 0) is 37.1 Å². The highest BCUT2D eigenvalue weighted by molar-refractivity contribution is 5.36. The Balaban J connectivity index is 2.09. The Bertz CT molecular complexity index is 533. The zero-order chi connectivity index (χ0) is 14.4. The normalized spacial score (nSPS) is 12.3. The van der Waals surface area contributed by atoms with E-state index in [2.05, 4.69) is 31.3 Å². The lowest BCUT2D eigenvalue weighted by Gasteiger charge is -2.15. The number of para-hydroxylation sites is 1. The van der Waals surface area contributed by atoms with Crippen molar-refractivity contribution in [3.63, 3.8) is 0 Å². The van der Waals surface area contributed by atoms with Crippen LogP contribution in [0.1, 0.15) is 43.1 Å². The Morgan fingerprint density at radius 1 is 1.25 bits per heavy atom. The molecule has 3 nitrogen and oxygen atoms in total. The number of furan rings is 1. The topological polar surface area (TPSA) is 34.4 Å². The van der Waals surface area contributed by atoms with Gasteiger partial charge >= 0.3 is 0 Å². The first kappa shape index (κ1) is 14.7. The van der Waals surface area contributed by atoms with Gasteiger partial charge in [-0.1, -0.05) is 32.0 Å². The third-order valence-corrected chi connectivity index (χ3v) is 3.62. The SMILES string of the molecule is CCC(C)c1ccccc1OCc1ccoc1CNC. The molecule has 108 valence electrons. The van der Waals surface area contributed by atoms with Gasteiger partial charge in [-0.3, -0.25) is 0 Å². The fourth-order valence-corrected chi connectivity index (χ4v) is 2.21. The monoisotopic (exact) mass is 273 g/mol. The van der Waals surface area contributed by atoms with E-state index >= 15 is 0 Å². The van der Waals surface area contributed by atoms with Crippen LogP contribution in [-0.4, -0.2) is 7.05 Å². The maximum absolute atomic E-state index is 6.00. The molecule has 0 fully saturated rings. The summed E-state index contributed by atoms with van der Waals surface area (Å²) in [7, 11) is 1.91. The molecule has 1 aromatic heterocycles. The largest absolute Gasteiger partial charge is 0.488 e. The van der Waals surface area contributed by atoms with Gasteiger partial charge in [-0.25, -0.2) is 0 Å². The first-order valence-electron chi connectivity index (χ1n) is 7.17. The van der Waals surface area contributed by atoms with Gasteiger partial charge in [0, 0.05) is 5.56 Å². The lowest BCUT2D eigenvalue weighted by atomic mass is 9.98. The molecule has 0 aliphatic rings. The molecule has 1 aromatic carbocycles. The summed E-state index contributed by atoms with van der Waals surface area (Å²) in [5, 5.41) is 3.10. The van der Waals surface area contributed by atoms with Crippen molar-refractivity contribution in [1.29, 1.82) is 0 Å². The van der Waals surface area contributed by atoms with Crippen molar-refractivity contribution >= 4 is 0 Å². The van der Waals surface area contributed by atoms with E-state index in [4.69, 9.17) is 9.15 Å². The van der Waals surface area contributed by atoms with Crippen LogP contribution in [0.3, 0.4) is 0 Å². The average Bonchev–Trinajstić information content (AvgIpc) is 2.92. The van der Waals surface area contributed by atoms with Crippen molar-refractivity contribution in [2.24, 2.45) is 0 Å². The molecule has 0 aliphatic heterocycles. The molecule has 20 heavy (non-hydrogen) atoms. The second kappa shape index (κ2) is 7.15. The molecule has 0 saturated carbocycles. The first-order valence-corrected chi connectivity index (χ1v) is 7.17. The van der Waals surface area contributed by atoms with Gasteiger partial charge in [-0.15, -0.1) is 0 Å². The predicted molar refractivity (Wildman–Crippen MR) is 81.0 cm³/mol. The van der Waals surface area contributed by atoms with Crippen molar-refractivity contribution in [3.05, 3.63) is 53.5 Å². The zero-order valence-electron chi connectivity index (χ0n) is 12.5. The Morgan fingerprint density at radius 3 is 2.80 bits per heavy atom. The van der Waals surface area contributed by atoms with E-state index in [0.29, 0.717) is 12.5 Å². The number of ether oxygens (including phenoxy) is 1. The van der Waals surface area contributed by atoms with Crippen LogP contribution in [-0.2, 0) is 13.2 Å². The Labute approximate surface area is 121 Å². The number of rotatable bonds is 7. The van der Waals surface area contributed by atoms with E-state index in [9.17, 15) is 0 Å². The predicted octanol–water partition coefficient (Wildman–Crippen LogP) is 4.09. The van der Waals surface area contributed by atoms with Crippen LogP contribution >= 0.6 is 0 Å². The molecule has 1 atom stereocenters. The van der Waals surface area contributed by atoms with Crippen LogP contribution in [0.5, 0.6) is 5.75 Å². The van der Waals surface area contributed by atoms with Gasteiger partial charge in [0.15, 0.2) is 0 Å². The number of benzene rings is 1. The van der Waals surface area contributed by atoms with Gasteiger partial charge in [0.2, 0.25) is 0 Å². The van der Waals surface area contributed by atoms with E-state index in [-0.39, 0.29) is 0 Å². The molecule has 0 bridgehead atoms. The molecule has 2 rings (SSSR count). The summed E-state index contributed by atoms with van der Waals surface area (Å²) in [6.07, 6.45) is 2.82. The second-order valence-electron chi connectivity index (χ2n) is 5.04. The molecule has 0 spiro atoms. The van der Waals surface area contributed by atoms with E-state index < -0.39 is 0 Å². The molecule has 1 heterocycles. The number of nitrogens with one attached hydrogen (secondary N) is 1.